The minimum atomic E-state index is -3.46. The number of terminal acetylenes is 1. The summed E-state index contributed by atoms with van der Waals surface area (Å²) < 4.78 is 13.8. The zero-order chi connectivity index (χ0) is 5.91. The van der Waals surface area contributed by atoms with Crippen molar-refractivity contribution in [3.8, 4) is 12.5 Å². The molecule has 0 bridgehead atoms. The van der Waals surface area contributed by atoms with Gasteiger partial charge in [-0.2, -0.15) is 0 Å². The minimum absolute atomic E-state index is 1.58. The Bertz CT molecular complexity index is 131. The van der Waals surface area contributed by atoms with Crippen LogP contribution in [0.1, 0.15) is 0 Å². The van der Waals surface area contributed by atoms with Crippen molar-refractivity contribution in [2.75, 3.05) is 0 Å². The number of rotatable bonds is 1. The van der Waals surface area contributed by atoms with Gasteiger partial charge in [-0.25, -0.2) is 4.57 Å². The average molecular weight is 159 g/mol. The van der Waals surface area contributed by atoms with Gasteiger partial charge in [-0.15, -0.1) is 0 Å². The molecule has 2 nitrogen and oxygen atoms in total. The molecule has 0 heterocycles. The summed E-state index contributed by atoms with van der Waals surface area (Å²) in [5, 5.41) is 0. The summed E-state index contributed by atoms with van der Waals surface area (Å²) in [7, 11) is 0. The van der Waals surface area contributed by atoms with Crippen LogP contribution in [0.5, 0.6) is 0 Å². The van der Waals surface area contributed by atoms with E-state index in [1.165, 1.54) is 0 Å². The Kier molecular flexibility index (Phi) is 2.53. The van der Waals surface area contributed by atoms with E-state index in [-0.39, 0.29) is 0 Å². The lowest BCUT2D eigenvalue weighted by Gasteiger charge is -1.91. The second-order valence-corrected chi connectivity index (χ2v) is 4.82. The highest BCUT2D eigenvalue weighted by molar-refractivity contribution is 8.05. The lowest BCUT2D eigenvalue weighted by molar-refractivity contribution is 0.494. The van der Waals surface area contributed by atoms with Gasteiger partial charge in [0, 0.05) is 22.5 Å². The van der Waals surface area contributed by atoms with Crippen LogP contribution in [0.15, 0.2) is 0 Å². The maximum atomic E-state index is 9.98. The summed E-state index contributed by atoms with van der Waals surface area (Å²) in [6.45, 7) is 0. The molecule has 40 valence electrons. The standard InChI is InChI=1S/C2HCl2O2P/c1-2-6-7(3,4)5/h1H. The molecule has 0 spiro atoms. The Hall–Kier alpha value is 0.170. The number of hydrogen-bond acceptors (Lipinski definition) is 2. The molecule has 7 heavy (non-hydrogen) atoms. The van der Waals surface area contributed by atoms with Crippen molar-refractivity contribution in [2.24, 2.45) is 0 Å². The Balaban J connectivity index is 3.65. The normalized spacial score (nSPS) is 9.86. The zero-order valence-corrected chi connectivity index (χ0v) is 5.50. The highest BCUT2D eigenvalue weighted by Crippen LogP contribution is 2.57. The van der Waals surface area contributed by atoms with Crippen molar-refractivity contribution in [3.05, 3.63) is 0 Å². The number of hydrogen-bond donors (Lipinski definition) is 0. The van der Waals surface area contributed by atoms with Crippen molar-refractivity contribution < 1.29 is 9.09 Å². The monoisotopic (exact) mass is 158 g/mol. The van der Waals surface area contributed by atoms with Crippen LogP contribution in [-0.4, -0.2) is 0 Å². The fraction of sp³-hybridized carbons (Fsp3) is 0. The Labute approximate surface area is 50.8 Å². The smallest absolute Gasteiger partial charge is 0.369 e. The first kappa shape index (κ1) is 7.17. The first-order valence-electron chi connectivity index (χ1n) is 1.20. The van der Waals surface area contributed by atoms with Crippen molar-refractivity contribution in [3.63, 3.8) is 0 Å². The molecule has 0 aromatic carbocycles. The highest BCUT2D eigenvalue weighted by atomic mass is 35.9. The Morgan fingerprint density at radius 2 is 2.14 bits per heavy atom. The molecule has 0 saturated heterocycles. The molecule has 0 aromatic heterocycles. The molecule has 0 saturated carbocycles. The van der Waals surface area contributed by atoms with Gasteiger partial charge in [0.05, 0.1) is 0 Å². The Morgan fingerprint density at radius 1 is 1.71 bits per heavy atom. The van der Waals surface area contributed by atoms with Gasteiger partial charge in [0.25, 0.3) is 0 Å². The van der Waals surface area contributed by atoms with Crippen LogP contribution in [0.4, 0.5) is 0 Å². The van der Waals surface area contributed by atoms with E-state index in [1.807, 2.05) is 0 Å². The van der Waals surface area contributed by atoms with E-state index in [1.54, 1.807) is 6.11 Å². The van der Waals surface area contributed by atoms with Gasteiger partial charge in [0.15, 0.2) is 0 Å². The van der Waals surface area contributed by atoms with Gasteiger partial charge >= 0.3 is 6.07 Å². The molecule has 0 amide bonds. The van der Waals surface area contributed by atoms with Crippen LogP contribution in [0.2, 0.25) is 0 Å². The summed E-state index contributed by atoms with van der Waals surface area (Å²) >= 11 is 9.58. The maximum Gasteiger partial charge on any atom is 0.436 e. The molecule has 0 aliphatic carbocycles. The average Bonchev–Trinajstić information content (AvgIpc) is 1.30. The van der Waals surface area contributed by atoms with Crippen LogP contribution in [0.3, 0.4) is 0 Å². The molecule has 0 aliphatic rings. The van der Waals surface area contributed by atoms with Crippen LogP contribution in [-0.2, 0) is 9.09 Å². The maximum absolute atomic E-state index is 9.98. The molecular weight excluding hydrogens is 158 g/mol. The van der Waals surface area contributed by atoms with Crippen molar-refractivity contribution >= 4 is 28.6 Å². The molecule has 0 aromatic rings. The van der Waals surface area contributed by atoms with Crippen LogP contribution < -0.4 is 0 Å². The predicted molar refractivity (Wildman–Crippen MR) is 29.2 cm³/mol. The third-order valence-electron chi connectivity index (χ3n) is 0.159. The lowest BCUT2D eigenvalue weighted by atomic mass is 11.3. The third-order valence-corrected chi connectivity index (χ3v) is 0.891. The van der Waals surface area contributed by atoms with Crippen molar-refractivity contribution in [1.82, 2.24) is 0 Å². The van der Waals surface area contributed by atoms with Gasteiger partial charge < -0.3 is 4.52 Å². The molecule has 0 N–H and O–H groups in total. The van der Waals surface area contributed by atoms with E-state index in [0.717, 1.165) is 0 Å². The zero-order valence-electron chi connectivity index (χ0n) is 3.10. The predicted octanol–water partition coefficient (Wildman–Crippen LogP) is 2.18. The van der Waals surface area contributed by atoms with Crippen LogP contribution >= 0.6 is 28.6 Å². The van der Waals surface area contributed by atoms with Gasteiger partial charge in [0.2, 0.25) is 0 Å². The van der Waals surface area contributed by atoms with Gasteiger partial charge in [-0.3, -0.25) is 0 Å². The first-order valence-corrected chi connectivity index (χ1v) is 4.63. The van der Waals surface area contributed by atoms with E-state index >= 15 is 0 Å². The highest BCUT2D eigenvalue weighted by Gasteiger charge is 2.11. The second kappa shape index (κ2) is 2.47. The summed E-state index contributed by atoms with van der Waals surface area (Å²) in [4.78, 5) is 0. The molecule has 0 aliphatic heterocycles. The Morgan fingerprint density at radius 3 is 2.14 bits per heavy atom. The molecule has 0 radical (unpaired) electrons. The topological polar surface area (TPSA) is 26.3 Å². The number of halogens is 2. The molecule has 5 heteroatoms. The van der Waals surface area contributed by atoms with Gasteiger partial charge in [-0.1, -0.05) is 6.42 Å². The van der Waals surface area contributed by atoms with Crippen molar-refractivity contribution in [2.45, 2.75) is 0 Å². The quantitative estimate of drug-likeness (QED) is 0.432. The molecule has 0 atom stereocenters. The van der Waals surface area contributed by atoms with E-state index in [0.29, 0.717) is 0 Å². The summed E-state index contributed by atoms with van der Waals surface area (Å²) in [6, 6.07) is 0. The molecule has 0 fully saturated rings. The fourth-order valence-corrected chi connectivity index (χ4v) is 0.423. The third kappa shape index (κ3) is 6.17. The molecule has 0 rings (SSSR count). The molecular formula is C2HCl2O2P. The van der Waals surface area contributed by atoms with E-state index in [4.69, 9.17) is 22.5 Å². The van der Waals surface area contributed by atoms with E-state index in [9.17, 15) is 4.57 Å². The summed E-state index contributed by atoms with van der Waals surface area (Å²) in [5.41, 5.74) is 0. The minimum Gasteiger partial charge on any atom is -0.369 e. The van der Waals surface area contributed by atoms with Gasteiger partial charge in [0.1, 0.15) is 6.11 Å². The summed E-state index contributed by atoms with van der Waals surface area (Å²) in [6.07, 6.45) is 2.62. The van der Waals surface area contributed by atoms with Crippen LogP contribution in [0, 0.1) is 12.5 Å². The van der Waals surface area contributed by atoms with Gasteiger partial charge in [-0.05, 0) is 0 Å². The van der Waals surface area contributed by atoms with Crippen LogP contribution in [0.25, 0.3) is 0 Å². The SMILES string of the molecule is C#COP(=O)(Cl)Cl. The van der Waals surface area contributed by atoms with Crippen molar-refractivity contribution in [1.29, 1.82) is 0 Å². The fourth-order valence-electron chi connectivity index (χ4n) is 0.0614. The lowest BCUT2D eigenvalue weighted by Crippen LogP contribution is -1.59. The van der Waals surface area contributed by atoms with E-state index in [2.05, 4.69) is 10.9 Å². The van der Waals surface area contributed by atoms with E-state index < -0.39 is 6.07 Å². The first-order chi connectivity index (χ1) is 3.06. The summed E-state index contributed by atoms with van der Waals surface area (Å²) in [5.74, 6) is 0. The largest absolute Gasteiger partial charge is 0.436 e. The second-order valence-electron chi connectivity index (χ2n) is 0.624. The molecule has 0 unspecified atom stereocenters.